The van der Waals surface area contributed by atoms with Crippen molar-refractivity contribution in [3.05, 3.63) is 35.9 Å². The first-order chi connectivity index (χ1) is 10.2. The number of piperidine rings is 1. The lowest BCUT2D eigenvalue weighted by Crippen LogP contribution is -2.43. The summed E-state index contributed by atoms with van der Waals surface area (Å²) in [6.45, 7) is 3.35. The SMILES string of the molecule is Cc1nc(COC2CCCN(C(=O)c3ccoc3)C2)no1. The van der Waals surface area contributed by atoms with Crippen molar-refractivity contribution in [2.24, 2.45) is 0 Å². The third-order valence-electron chi connectivity index (χ3n) is 3.45. The normalized spacial score (nSPS) is 18.9. The summed E-state index contributed by atoms with van der Waals surface area (Å²) < 4.78 is 15.6. The summed E-state index contributed by atoms with van der Waals surface area (Å²) in [6.07, 6.45) is 4.80. The zero-order valence-corrected chi connectivity index (χ0v) is 11.8. The zero-order valence-electron chi connectivity index (χ0n) is 11.8. The third kappa shape index (κ3) is 3.30. The van der Waals surface area contributed by atoms with Gasteiger partial charge in [0.25, 0.3) is 5.91 Å². The van der Waals surface area contributed by atoms with Crippen molar-refractivity contribution >= 4 is 5.91 Å². The Kier molecular flexibility index (Phi) is 4.01. The molecule has 1 fully saturated rings. The lowest BCUT2D eigenvalue weighted by molar-refractivity contribution is -0.00962. The van der Waals surface area contributed by atoms with Crippen LogP contribution in [0.2, 0.25) is 0 Å². The largest absolute Gasteiger partial charge is 0.472 e. The summed E-state index contributed by atoms with van der Waals surface area (Å²) in [5.41, 5.74) is 0.574. The molecule has 0 aromatic carbocycles. The lowest BCUT2D eigenvalue weighted by Gasteiger charge is -2.32. The molecule has 1 atom stereocenters. The zero-order chi connectivity index (χ0) is 14.7. The van der Waals surface area contributed by atoms with Gasteiger partial charge in [-0.25, -0.2) is 0 Å². The summed E-state index contributed by atoms with van der Waals surface area (Å²) in [5, 5.41) is 3.79. The minimum absolute atomic E-state index is 0.00610. The van der Waals surface area contributed by atoms with Crippen molar-refractivity contribution in [1.82, 2.24) is 15.0 Å². The maximum atomic E-state index is 12.3. The van der Waals surface area contributed by atoms with E-state index in [0.717, 1.165) is 19.4 Å². The Hall–Kier alpha value is -2.15. The second-order valence-electron chi connectivity index (χ2n) is 5.07. The van der Waals surface area contributed by atoms with Gasteiger partial charge < -0.3 is 18.6 Å². The van der Waals surface area contributed by atoms with Crippen molar-refractivity contribution in [2.45, 2.75) is 32.5 Å². The van der Waals surface area contributed by atoms with Crippen molar-refractivity contribution in [2.75, 3.05) is 13.1 Å². The van der Waals surface area contributed by atoms with Gasteiger partial charge in [-0.2, -0.15) is 4.98 Å². The number of hydrogen-bond donors (Lipinski definition) is 0. The molecule has 0 N–H and O–H groups in total. The van der Waals surface area contributed by atoms with Gasteiger partial charge in [-0.05, 0) is 18.9 Å². The smallest absolute Gasteiger partial charge is 0.257 e. The molecule has 1 amide bonds. The van der Waals surface area contributed by atoms with Gasteiger partial charge in [-0.3, -0.25) is 4.79 Å². The molecular formula is C14H17N3O4. The first-order valence-corrected chi connectivity index (χ1v) is 6.94. The van der Waals surface area contributed by atoms with Crippen molar-refractivity contribution in [3.63, 3.8) is 0 Å². The monoisotopic (exact) mass is 291 g/mol. The van der Waals surface area contributed by atoms with Crippen LogP contribution in [-0.2, 0) is 11.3 Å². The maximum absolute atomic E-state index is 12.3. The number of aryl methyl sites for hydroxylation is 1. The van der Waals surface area contributed by atoms with Crippen LogP contribution >= 0.6 is 0 Å². The Morgan fingerprint density at radius 3 is 3.19 bits per heavy atom. The number of carbonyl (C=O) groups is 1. The molecule has 1 aliphatic heterocycles. The molecule has 1 unspecified atom stereocenters. The van der Waals surface area contributed by atoms with E-state index < -0.39 is 0 Å². The summed E-state index contributed by atoms with van der Waals surface area (Å²) in [6, 6.07) is 1.68. The molecule has 0 saturated carbocycles. The fraction of sp³-hybridized carbons (Fsp3) is 0.500. The number of aromatic nitrogens is 2. The minimum Gasteiger partial charge on any atom is -0.472 e. The van der Waals surface area contributed by atoms with Gasteiger partial charge in [0.2, 0.25) is 5.89 Å². The average Bonchev–Trinajstić information content (AvgIpc) is 3.16. The second-order valence-corrected chi connectivity index (χ2v) is 5.07. The molecule has 0 spiro atoms. The van der Waals surface area contributed by atoms with E-state index in [1.807, 2.05) is 0 Å². The minimum atomic E-state index is -0.0209. The summed E-state index contributed by atoms with van der Waals surface area (Å²) in [5.74, 6) is 1.03. The van der Waals surface area contributed by atoms with Gasteiger partial charge in [-0.15, -0.1) is 0 Å². The van der Waals surface area contributed by atoms with Gasteiger partial charge >= 0.3 is 0 Å². The van der Waals surface area contributed by atoms with E-state index in [1.54, 1.807) is 17.9 Å². The molecule has 1 saturated heterocycles. The first kappa shape index (κ1) is 13.8. The third-order valence-corrected chi connectivity index (χ3v) is 3.45. The summed E-state index contributed by atoms with van der Waals surface area (Å²) in [4.78, 5) is 18.1. The van der Waals surface area contributed by atoms with E-state index in [4.69, 9.17) is 13.7 Å². The fourth-order valence-electron chi connectivity index (χ4n) is 2.42. The van der Waals surface area contributed by atoms with E-state index in [2.05, 4.69) is 10.1 Å². The van der Waals surface area contributed by atoms with Crippen molar-refractivity contribution in [3.8, 4) is 0 Å². The quantitative estimate of drug-likeness (QED) is 0.854. The van der Waals surface area contributed by atoms with Crippen molar-refractivity contribution < 1.29 is 18.5 Å². The van der Waals surface area contributed by atoms with Crippen LogP contribution in [0.1, 0.15) is 34.9 Å². The molecule has 3 heterocycles. The number of nitrogens with zero attached hydrogens (tertiary/aromatic N) is 3. The van der Waals surface area contributed by atoms with Crippen LogP contribution in [0.25, 0.3) is 0 Å². The van der Waals surface area contributed by atoms with Crippen LogP contribution in [-0.4, -0.2) is 40.1 Å². The van der Waals surface area contributed by atoms with Crippen LogP contribution < -0.4 is 0 Å². The van der Waals surface area contributed by atoms with Gasteiger partial charge in [0.1, 0.15) is 12.9 Å². The Labute approximate surface area is 121 Å². The molecule has 2 aromatic rings. The highest BCUT2D eigenvalue weighted by Gasteiger charge is 2.25. The molecule has 112 valence electrons. The highest BCUT2D eigenvalue weighted by Crippen LogP contribution is 2.17. The van der Waals surface area contributed by atoms with E-state index in [9.17, 15) is 4.79 Å². The first-order valence-electron chi connectivity index (χ1n) is 6.94. The van der Waals surface area contributed by atoms with Gasteiger partial charge in [0.15, 0.2) is 5.82 Å². The number of rotatable bonds is 4. The highest BCUT2D eigenvalue weighted by atomic mass is 16.5. The van der Waals surface area contributed by atoms with E-state index >= 15 is 0 Å². The molecular weight excluding hydrogens is 274 g/mol. The molecule has 0 aliphatic carbocycles. The Morgan fingerprint density at radius 1 is 1.57 bits per heavy atom. The molecule has 3 rings (SSSR count). The van der Waals surface area contributed by atoms with Gasteiger partial charge in [-0.1, -0.05) is 5.16 Å². The topological polar surface area (TPSA) is 81.6 Å². The van der Waals surface area contributed by atoms with Gasteiger partial charge in [0, 0.05) is 20.0 Å². The number of hydrogen-bond acceptors (Lipinski definition) is 6. The number of amides is 1. The highest BCUT2D eigenvalue weighted by molar-refractivity contribution is 5.93. The molecule has 1 aliphatic rings. The second kappa shape index (κ2) is 6.09. The molecule has 21 heavy (non-hydrogen) atoms. The van der Waals surface area contributed by atoms with Crippen LogP contribution in [0.3, 0.4) is 0 Å². The Bertz CT molecular complexity index is 593. The standard InChI is InChI=1S/C14H17N3O4/c1-10-15-13(16-21-10)9-20-12-3-2-5-17(7-12)14(18)11-4-6-19-8-11/h4,6,8,12H,2-3,5,7,9H2,1H3. The summed E-state index contributed by atoms with van der Waals surface area (Å²) >= 11 is 0. The van der Waals surface area contributed by atoms with Crippen LogP contribution in [0.15, 0.2) is 27.5 Å². The predicted octanol–water partition coefficient (Wildman–Crippen LogP) is 1.79. The maximum Gasteiger partial charge on any atom is 0.257 e. The molecule has 2 aromatic heterocycles. The molecule has 0 bridgehead atoms. The van der Waals surface area contributed by atoms with Crippen LogP contribution in [0.5, 0.6) is 0 Å². The van der Waals surface area contributed by atoms with Crippen LogP contribution in [0, 0.1) is 6.92 Å². The molecule has 0 radical (unpaired) electrons. The fourth-order valence-corrected chi connectivity index (χ4v) is 2.42. The lowest BCUT2D eigenvalue weighted by atomic mass is 10.1. The van der Waals surface area contributed by atoms with Crippen LogP contribution in [0.4, 0.5) is 0 Å². The van der Waals surface area contributed by atoms with Crippen molar-refractivity contribution in [1.29, 1.82) is 0 Å². The number of likely N-dealkylation sites (tertiary alicyclic amines) is 1. The molecule has 7 nitrogen and oxygen atoms in total. The number of ether oxygens (including phenoxy) is 1. The van der Waals surface area contributed by atoms with E-state index in [0.29, 0.717) is 30.4 Å². The Morgan fingerprint density at radius 2 is 2.48 bits per heavy atom. The number of furan rings is 1. The predicted molar refractivity (Wildman–Crippen MR) is 71.5 cm³/mol. The Balaban J connectivity index is 1.54. The average molecular weight is 291 g/mol. The van der Waals surface area contributed by atoms with E-state index in [-0.39, 0.29) is 12.0 Å². The van der Waals surface area contributed by atoms with Gasteiger partial charge in [0.05, 0.1) is 17.9 Å². The molecule has 7 heteroatoms. The number of carbonyl (C=O) groups excluding carboxylic acids is 1. The summed E-state index contributed by atoms with van der Waals surface area (Å²) in [7, 11) is 0. The van der Waals surface area contributed by atoms with E-state index in [1.165, 1.54) is 12.5 Å².